The van der Waals surface area contributed by atoms with Crippen molar-refractivity contribution in [3.05, 3.63) is 72.6 Å². The number of benzene rings is 2. The van der Waals surface area contributed by atoms with Gasteiger partial charge >= 0.3 is 12.2 Å². The molecule has 5 unspecified atom stereocenters. The highest BCUT2D eigenvalue weighted by atomic mass is 16.5. The van der Waals surface area contributed by atoms with Crippen molar-refractivity contribution in [2.24, 2.45) is 5.92 Å². The maximum Gasteiger partial charge on any atom is 0.407 e. The first-order valence-corrected chi connectivity index (χ1v) is 18.3. The van der Waals surface area contributed by atoms with Crippen LogP contribution in [0.25, 0.3) is 33.6 Å². The minimum Gasteiger partial charge on any atom is -0.453 e. The molecule has 3 aliphatic rings. The van der Waals surface area contributed by atoms with Gasteiger partial charge in [-0.3, -0.25) is 9.59 Å². The molecule has 7 rings (SSSR count). The highest BCUT2D eigenvalue weighted by Gasteiger charge is 2.45. The molecule has 14 nitrogen and oxygen atoms in total. The van der Waals surface area contributed by atoms with Crippen LogP contribution in [0, 0.1) is 5.92 Å². The molecule has 3 fully saturated rings. The van der Waals surface area contributed by atoms with Crippen LogP contribution in [0.4, 0.5) is 9.59 Å². The van der Waals surface area contributed by atoms with Crippen LogP contribution < -0.4 is 10.6 Å². The van der Waals surface area contributed by atoms with E-state index in [1.54, 1.807) is 11.1 Å². The summed E-state index contributed by atoms with van der Waals surface area (Å²) in [5.41, 5.74) is 5.82. The number of ether oxygens (including phenoxy) is 2. The maximum absolute atomic E-state index is 13.5. The van der Waals surface area contributed by atoms with Crippen LogP contribution in [-0.2, 0) is 19.1 Å². The molecule has 2 aromatic carbocycles. The number of imidazole rings is 2. The molecule has 0 aliphatic carbocycles. The molecule has 3 aliphatic heterocycles. The molecule has 5 heterocycles. The molecule has 4 amide bonds. The van der Waals surface area contributed by atoms with E-state index >= 15 is 0 Å². The molecule has 4 aromatic rings. The highest BCUT2D eigenvalue weighted by molar-refractivity contribution is 5.87. The topological polar surface area (TPSA) is 175 Å². The van der Waals surface area contributed by atoms with Crippen molar-refractivity contribution in [2.75, 3.05) is 20.8 Å². The van der Waals surface area contributed by atoms with Crippen LogP contribution in [-0.4, -0.2) is 92.6 Å². The quantitative estimate of drug-likeness (QED) is 0.170. The van der Waals surface area contributed by atoms with Crippen molar-refractivity contribution in [2.45, 2.75) is 82.6 Å². The number of piperidine rings is 1. The lowest BCUT2D eigenvalue weighted by atomic mass is 9.98. The van der Waals surface area contributed by atoms with Gasteiger partial charge in [0.05, 0.1) is 50.1 Å². The van der Waals surface area contributed by atoms with Gasteiger partial charge in [0, 0.05) is 12.6 Å². The van der Waals surface area contributed by atoms with Gasteiger partial charge in [-0.1, -0.05) is 62.4 Å². The molecule has 278 valence electrons. The summed E-state index contributed by atoms with van der Waals surface area (Å²) in [5, 5.41) is 5.37. The second-order valence-electron chi connectivity index (χ2n) is 14.3. The van der Waals surface area contributed by atoms with Crippen LogP contribution >= 0.6 is 0 Å². The SMILES string of the molecule is COC(=O)NC1CCC2CCC(c3ncc(-c4ccc(-c5ccc(-c6cnc(C7CCCN7C(=O)C(NC(=O)OC)C(C)C)[nH]6)cc5)cc4)[nH]3)N2C1=O. The predicted octanol–water partition coefficient (Wildman–Crippen LogP) is 5.73. The fourth-order valence-electron chi connectivity index (χ4n) is 7.95. The lowest BCUT2D eigenvalue weighted by molar-refractivity contribution is -0.139. The average molecular weight is 723 g/mol. The van der Waals surface area contributed by atoms with E-state index in [1.807, 2.05) is 24.9 Å². The first-order chi connectivity index (χ1) is 25.6. The number of carbonyl (C=O) groups excluding carboxylic acids is 4. The number of fused-ring (bicyclic) bond motifs is 1. The first kappa shape index (κ1) is 35.7. The zero-order chi connectivity index (χ0) is 37.2. The third-order valence-electron chi connectivity index (χ3n) is 10.8. The molecule has 2 aromatic heterocycles. The Morgan fingerprint density at radius 2 is 1.30 bits per heavy atom. The van der Waals surface area contributed by atoms with Gasteiger partial charge in [-0.2, -0.15) is 0 Å². The Morgan fingerprint density at radius 1 is 0.755 bits per heavy atom. The number of hydrogen-bond acceptors (Lipinski definition) is 8. The summed E-state index contributed by atoms with van der Waals surface area (Å²) >= 11 is 0. The summed E-state index contributed by atoms with van der Waals surface area (Å²) in [6.45, 7) is 4.40. The number of H-pyrrole nitrogens is 2. The smallest absolute Gasteiger partial charge is 0.407 e. The molecule has 14 heteroatoms. The number of nitrogens with zero attached hydrogens (tertiary/aromatic N) is 4. The zero-order valence-corrected chi connectivity index (χ0v) is 30.4. The zero-order valence-electron chi connectivity index (χ0n) is 30.4. The van der Waals surface area contributed by atoms with Gasteiger partial charge in [-0.15, -0.1) is 0 Å². The van der Waals surface area contributed by atoms with Crippen molar-refractivity contribution in [3.63, 3.8) is 0 Å². The fraction of sp³-hybridized carbons (Fsp3) is 0.436. The molecule has 0 radical (unpaired) electrons. The van der Waals surface area contributed by atoms with Crippen molar-refractivity contribution < 1.29 is 28.7 Å². The number of hydrogen-bond donors (Lipinski definition) is 4. The Bertz CT molecular complexity index is 1950. The van der Waals surface area contributed by atoms with Crippen LogP contribution in [0.1, 0.15) is 76.1 Å². The second kappa shape index (κ2) is 15.1. The number of aromatic nitrogens is 4. The summed E-state index contributed by atoms with van der Waals surface area (Å²) in [5.74, 6) is 1.14. The lowest BCUT2D eigenvalue weighted by Crippen LogP contribution is -2.54. The molecule has 0 bridgehead atoms. The number of alkyl carbamates (subject to hydrolysis) is 2. The maximum atomic E-state index is 13.5. The van der Waals surface area contributed by atoms with Gasteiger partial charge in [0.25, 0.3) is 0 Å². The van der Waals surface area contributed by atoms with E-state index < -0.39 is 24.3 Å². The number of nitrogens with one attached hydrogen (secondary N) is 4. The minimum absolute atomic E-state index is 0.0889. The van der Waals surface area contributed by atoms with Gasteiger partial charge in [0.2, 0.25) is 11.8 Å². The molecular formula is C39H46N8O6. The van der Waals surface area contributed by atoms with Crippen molar-refractivity contribution >= 4 is 24.0 Å². The van der Waals surface area contributed by atoms with Gasteiger partial charge in [0.15, 0.2) is 0 Å². The van der Waals surface area contributed by atoms with E-state index in [1.165, 1.54) is 14.2 Å². The summed E-state index contributed by atoms with van der Waals surface area (Å²) in [4.78, 5) is 70.5. The monoisotopic (exact) mass is 722 g/mol. The van der Waals surface area contributed by atoms with Crippen LogP contribution in [0.5, 0.6) is 0 Å². The normalized spacial score (nSPS) is 21.7. The Labute approximate surface area is 308 Å². The Balaban J connectivity index is 1.00. The number of likely N-dealkylation sites (tertiary alicyclic amines) is 1. The third-order valence-corrected chi connectivity index (χ3v) is 10.8. The number of rotatable bonds is 9. The van der Waals surface area contributed by atoms with Crippen molar-refractivity contribution in [3.8, 4) is 33.6 Å². The van der Waals surface area contributed by atoms with E-state index in [0.717, 1.165) is 77.4 Å². The molecule has 0 saturated carbocycles. The van der Waals surface area contributed by atoms with Crippen LogP contribution in [0.3, 0.4) is 0 Å². The first-order valence-electron chi connectivity index (χ1n) is 18.3. The number of methoxy groups -OCH3 is 2. The van der Waals surface area contributed by atoms with Crippen molar-refractivity contribution in [1.82, 2.24) is 40.4 Å². The lowest BCUT2D eigenvalue weighted by Gasteiger charge is -2.37. The van der Waals surface area contributed by atoms with Gasteiger partial charge in [-0.05, 0) is 66.7 Å². The van der Waals surface area contributed by atoms with E-state index in [9.17, 15) is 19.2 Å². The molecule has 3 saturated heterocycles. The van der Waals surface area contributed by atoms with Gasteiger partial charge in [0.1, 0.15) is 23.7 Å². The molecule has 0 spiro atoms. The third kappa shape index (κ3) is 7.22. The fourth-order valence-corrected chi connectivity index (χ4v) is 7.95. The molecule has 53 heavy (non-hydrogen) atoms. The number of aromatic amines is 2. The average Bonchev–Trinajstić information content (AvgIpc) is 4.01. The molecule has 5 atom stereocenters. The highest BCUT2D eigenvalue weighted by Crippen LogP contribution is 2.41. The van der Waals surface area contributed by atoms with Gasteiger partial charge in [-0.25, -0.2) is 19.6 Å². The predicted molar refractivity (Wildman–Crippen MR) is 196 cm³/mol. The number of amides is 4. The molecule has 4 N–H and O–H groups in total. The van der Waals surface area contributed by atoms with Crippen LogP contribution in [0.2, 0.25) is 0 Å². The summed E-state index contributed by atoms with van der Waals surface area (Å²) in [6, 6.07) is 15.0. The number of carbonyl (C=O) groups is 4. The van der Waals surface area contributed by atoms with E-state index in [0.29, 0.717) is 13.0 Å². The summed E-state index contributed by atoms with van der Waals surface area (Å²) in [7, 11) is 2.59. The standard InChI is InChI=1S/C39H46N8O6/c1-22(2)33(45-39(51)53-4)37(49)46-19-5-6-31(46)34-40-20-29(42-34)25-11-7-23(8-12-25)24-9-13-26(14-10-24)30-21-41-35(43-30)32-18-16-27-15-17-28(36(48)47(27)32)44-38(50)52-3/h7-14,20-22,27-28,31-33H,5-6,15-19H2,1-4H3,(H,40,42)(H,41,43)(H,44,50)(H,45,51). The largest absolute Gasteiger partial charge is 0.453 e. The van der Waals surface area contributed by atoms with E-state index in [-0.39, 0.29) is 35.9 Å². The summed E-state index contributed by atoms with van der Waals surface area (Å²) in [6.07, 6.45) is 7.18. The van der Waals surface area contributed by atoms with E-state index in [2.05, 4.69) is 79.1 Å². The Morgan fingerprint density at radius 3 is 1.87 bits per heavy atom. The second-order valence-corrected chi connectivity index (χ2v) is 14.3. The van der Waals surface area contributed by atoms with Gasteiger partial charge < -0.3 is 39.9 Å². The minimum atomic E-state index is -0.685. The Kier molecular flexibility index (Phi) is 10.2. The van der Waals surface area contributed by atoms with E-state index in [4.69, 9.17) is 9.47 Å². The van der Waals surface area contributed by atoms with Crippen molar-refractivity contribution in [1.29, 1.82) is 0 Å². The van der Waals surface area contributed by atoms with Crippen LogP contribution in [0.15, 0.2) is 60.9 Å². The Hall–Kier alpha value is -5.66. The molecular weight excluding hydrogens is 676 g/mol. The summed E-state index contributed by atoms with van der Waals surface area (Å²) < 4.78 is 9.47.